The lowest BCUT2D eigenvalue weighted by Gasteiger charge is -1.94. The van der Waals surface area contributed by atoms with Crippen molar-refractivity contribution >= 4 is 7.14 Å². The summed E-state index contributed by atoms with van der Waals surface area (Å²) < 4.78 is 15.8. The smallest absolute Gasteiger partial charge is 0.111 e. The molecular formula is C4H9O2P. The molecule has 0 bridgehead atoms. The number of hydrogen-bond donors (Lipinski definition) is 0. The van der Waals surface area contributed by atoms with Crippen molar-refractivity contribution in [3.8, 4) is 0 Å². The van der Waals surface area contributed by atoms with Crippen LogP contribution in [-0.4, -0.2) is 25.8 Å². The number of ether oxygens (including phenoxy) is 1. The van der Waals surface area contributed by atoms with Gasteiger partial charge in [0, 0.05) is 6.16 Å². The van der Waals surface area contributed by atoms with E-state index in [-0.39, 0.29) is 0 Å². The second-order valence-corrected chi connectivity index (χ2v) is 5.36. The molecule has 1 aliphatic heterocycles. The summed E-state index contributed by atoms with van der Waals surface area (Å²) in [5.74, 6) is 0. The molecule has 0 aromatic carbocycles. The highest BCUT2D eigenvalue weighted by Gasteiger charge is 2.20. The second-order valence-electron chi connectivity index (χ2n) is 2.06. The van der Waals surface area contributed by atoms with E-state index in [0.717, 1.165) is 6.16 Å². The molecule has 2 nitrogen and oxygen atoms in total. The van der Waals surface area contributed by atoms with Gasteiger partial charge in [0.1, 0.15) is 7.14 Å². The van der Waals surface area contributed by atoms with Gasteiger partial charge in [0.2, 0.25) is 0 Å². The average Bonchev–Trinajstić information content (AvgIpc) is 1.84. The fourth-order valence-corrected chi connectivity index (χ4v) is 1.74. The third-order valence-corrected chi connectivity index (χ3v) is 2.93. The van der Waals surface area contributed by atoms with Crippen molar-refractivity contribution in [1.29, 1.82) is 0 Å². The van der Waals surface area contributed by atoms with Crippen LogP contribution in [0.3, 0.4) is 0 Å². The molecule has 1 fully saturated rings. The molecule has 1 unspecified atom stereocenters. The van der Waals surface area contributed by atoms with Gasteiger partial charge < -0.3 is 9.30 Å². The highest BCUT2D eigenvalue weighted by Crippen LogP contribution is 2.44. The Morgan fingerprint density at radius 1 is 1.71 bits per heavy atom. The van der Waals surface area contributed by atoms with Crippen molar-refractivity contribution in [2.24, 2.45) is 0 Å². The maximum atomic E-state index is 10.9. The fourth-order valence-electron chi connectivity index (χ4n) is 0.580. The Bertz CT molecular complexity index is 100. The highest BCUT2D eigenvalue weighted by atomic mass is 31.2. The van der Waals surface area contributed by atoms with Crippen LogP contribution in [0.15, 0.2) is 0 Å². The van der Waals surface area contributed by atoms with Gasteiger partial charge in [0.15, 0.2) is 0 Å². The monoisotopic (exact) mass is 120 g/mol. The van der Waals surface area contributed by atoms with E-state index in [0.29, 0.717) is 13.0 Å². The predicted octanol–water partition coefficient (Wildman–Crippen LogP) is 0.967. The Labute approximate surface area is 43.2 Å². The van der Waals surface area contributed by atoms with Crippen LogP contribution in [0.4, 0.5) is 0 Å². The predicted molar refractivity (Wildman–Crippen MR) is 29.2 cm³/mol. The first-order chi connectivity index (χ1) is 3.21. The summed E-state index contributed by atoms with van der Waals surface area (Å²) in [4.78, 5) is 0. The molecule has 3 heteroatoms. The molecule has 0 spiro atoms. The SMILES string of the molecule is CP1(=O)CCOC1. The Morgan fingerprint density at radius 2 is 2.43 bits per heavy atom. The molecule has 42 valence electrons. The van der Waals surface area contributed by atoms with Crippen molar-refractivity contribution in [1.82, 2.24) is 0 Å². The Kier molecular flexibility index (Phi) is 1.22. The van der Waals surface area contributed by atoms with Crippen molar-refractivity contribution in [2.45, 2.75) is 0 Å². The topological polar surface area (TPSA) is 26.3 Å². The molecule has 0 aromatic heterocycles. The molecular weight excluding hydrogens is 111 g/mol. The lowest BCUT2D eigenvalue weighted by molar-refractivity contribution is 0.215. The maximum Gasteiger partial charge on any atom is 0.111 e. The first-order valence-electron chi connectivity index (χ1n) is 2.34. The summed E-state index contributed by atoms with van der Waals surface area (Å²) in [6.45, 7) is 2.49. The average molecular weight is 120 g/mol. The summed E-state index contributed by atoms with van der Waals surface area (Å²) >= 11 is 0. The van der Waals surface area contributed by atoms with Crippen molar-refractivity contribution in [3.63, 3.8) is 0 Å². The van der Waals surface area contributed by atoms with Crippen LogP contribution in [0.1, 0.15) is 0 Å². The van der Waals surface area contributed by atoms with Gasteiger partial charge in [-0.15, -0.1) is 0 Å². The Morgan fingerprint density at radius 3 is 2.57 bits per heavy atom. The minimum absolute atomic E-state index is 0.507. The molecule has 1 atom stereocenters. The van der Waals surface area contributed by atoms with Crippen LogP contribution in [0.25, 0.3) is 0 Å². The van der Waals surface area contributed by atoms with Crippen molar-refractivity contribution < 1.29 is 9.30 Å². The van der Waals surface area contributed by atoms with E-state index < -0.39 is 7.14 Å². The Balaban J connectivity index is 2.57. The fraction of sp³-hybridized carbons (Fsp3) is 1.00. The third-order valence-electron chi connectivity index (χ3n) is 1.07. The van der Waals surface area contributed by atoms with Crippen molar-refractivity contribution in [3.05, 3.63) is 0 Å². The van der Waals surface area contributed by atoms with Crippen molar-refractivity contribution in [2.75, 3.05) is 25.8 Å². The zero-order valence-electron chi connectivity index (χ0n) is 4.39. The highest BCUT2D eigenvalue weighted by molar-refractivity contribution is 7.63. The molecule has 1 aliphatic rings. The standard InChI is InChI=1S/C4H9O2P/c1-7(5)3-2-6-4-7/h2-4H2,1H3. The van der Waals surface area contributed by atoms with Gasteiger partial charge >= 0.3 is 0 Å². The summed E-state index contributed by atoms with van der Waals surface area (Å²) in [6.07, 6.45) is 1.29. The summed E-state index contributed by atoms with van der Waals surface area (Å²) in [6, 6.07) is 0. The van der Waals surface area contributed by atoms with E-state index in [1.165, 1.54) is 0 Å². The summed E-state index contributed by atoms with van der Waals surface area (Å²) in [7, 11) is -1.77. The van der Waals surface area contributed by atoms with E-state index >= 15 is 0 Å². The molecule has 1 rings (SSSR count). The lowest BCUT2D eigenvalue weighted by atomic mass is 10.9. The third kappa shape index (κ3) is 1.29. The quantitative estimate of drug-likeness (QED) is 0.445. The first-order valence-corrected chi connectivity index (χ1v) is 4.86. The van der Waals surface area contributed by atoms with Crippen LogP contribution < -0.4 is 0 Å². The first kappa shape index (κ1) is 5.33. The molecule has 7 heavy (non-hydrogen) atoms. The van der Waals surface area contributed by atoms with E-state index in [2.05, 4.69) is 0 Å². The van der Waals surface area contributed by atoms with Gasteiger partial charge in [-0.05, 0) is 6.66 Å². The molecule has 0 aromatic rings. The number of hydrogen-bond acceptors (Lipinski definition) is 2. The minimum Gasteiger partial charge on any atom is -0.373 e. The lowest BCUT2D eigenvalue weighted by Crippen LogP contribution is -1.79. The largest absolute Gasteiger partial charge is 0.373 e. The number of rotatable bonds is 0. The molecule has 1 heterocycles. The van der Waals surface area contributed by atoms with Gasteiger partial charge in [0.05, 0.1) is 13.0 Å². The van der Waals surface area contributed by atoms with Crippen LogP contribution in [0, 0.1) is 0 Å². The molecule has 0 N–H and O–H groups in total. The van der Waals surface area contributed by atoms with Crippen LogP contribution in [0.5, 0.6) is 0 Å². The molecule has 1 saturated heterocycles. The minimum atomic E-state index is -1.77. The van der Waals surface area contributed by atoms with Gasteiger partial charge in [0.25, 0.3) is 0 Å². The van der Waals surface area contributed by atoms with E-state index in [9.17, 15) is 4.57 Å². The van der Waals surface area contributed by atoms with Gasteiger partial charge in [-0.2, -0.15) is 0 Å². The van der Waals surface area contributed by atoms with Crippen LogP contribution in [-0.2, 0) is 9.30 Å². The van der Waals surface area contributed by atoms with Crippen LogP contribution in [0.2, 0.25) is 0 Å². The summed E-state index contributed by atoms with van der Waals surface area (Å²) in [5.41, 5.74) is 0. The van der Waals surface area contributed by atoms with Gasteiger partial charge in [-0.3, -0.25) is 0 Å². The Hall–Kier alpha value is 0.190. The van der Waals surface area contributed by atoms with Crippen LogP contribution >= 0.6 is 7.14 Å². The molecule has 0 aliphatic carbocycles. The van der Waals surface area contributed by atoms with Gasteiger partial charge in [-0.25, -0.2) is 0 Å². The zero-order chi connectivity index (χ0) is 5.33. The molecule has 0 amide bonds. The maximum absolute atomic E-state index is 10.9. The second kappa shape index (κ2) is 1.61. The normalized spacial score (nSPS) is 41.9. The van der Waals surface area contributed by atoms with E-state index in [4.69, 9.17) is 4.74 Å². The molecule has 0 saturated carbocycles. The summed E-state index contributed by atoms with van der Waals surface area (Å²) in [5, 5.41) is 0. The van der Waals surface area contributed by atoms with Gasteiger partial charge in [-0.1, -0.05) is 0 Å². The van der Waals surface area contributed by atoms with E-state index in [1.807, 2.05) is 0 Å². The zero-order valence-corrected chi connectivity index (χ0v) is 5.28. The molecule has 0 radical (unpaired) electrons. The van der Waals surface area contributed by atoms with E-state index in [1.54, 1.807) is 6.66 Å².